The van der Waals surface area contributed by atoms with Crippen LogP contribution < -0.4 is 5.46 Å². The molecule has 1 aromatic rings. The summed E-state index contributed by atoms with van der Waals surface area (Å²) in [7, 11) is 5.54. The van der Waals surface area contributed by atoms with E-state index in [1.807, 2.05) is 0 Å². The number of ether oxygens (including phenoxy) is 1. The number of benzene rings is 1. The van der Waals surface area contributed by atoms with Crippen LogP contribution in [-0.4, -0.2) is 49.5 Å². The maximum atomic E-state index is 13.9. The molecule has 1 unspecified atom stereocenters. The highest BCUT2D eigenvalue weighted by Crippen LogP contribution is 2.23. The summed E-state index contributed by atoms with van der Waals surface area (Å²) in [4.78, 5) is 15.8. The molecule has 0 heterocycles. The van der Waals surface area contributed by atoms with Crippen LogP contribution in [0.4, 0.5) is 8.78 Å². The molecule has 1 atom stereocenters. The van der Waals surface area contributed by atoms with Gasteiger partial charge in [-0.15, -0.1) is 0 Å². The Bertz CT molecular complexity index is 695. The highest BCUT2D eigenvalue weighted by molar-refractivity contribution is 9.10. The van der Waals surface area contributed by atoms with Gasteiger partial charge in [0.25, 0.3) is 0 Å². The van der Waals surface area contributed by atoms with Gasteiger partial charge in [0, 0.05) is 11.8 Å². The number of rotatable bonds is 6. The Hall–Kier alpha value is -1.74. The summed E-state index contributed by atoms with van der Waals surface area (Å²) in [5.74, 6) is -3.86. The molecule has 128 valence electrons. The first kappa shape index (κ1) is 20.3. The van der Waals surface area contributed by atoms with E-state index in [9.17, 15) is 18.7 Å². The number of aliphatic hydroxyl groups is 2. The van der Waals surface area contributed by atoms with E-state index in [1.165, 1.54) is 0 Å². The maximum absolute atomic E-state index is 13.9. The summed E-state index contributed by atoms with van der Waals surface area (Å²) in [6, 6.07) is 0.221. The molecule has 0 saturated heterocycles. The van der Waals surface area contributed by atoms with Crippen LogP contribution in [0.2, 0.25) is 0 Å². The molecule has 0 saturated carbocycles. The predicted molar refractivity (Wildman–Crippen MR) is 90.7 cm³/mol. The average molecular weight is 402 g/mol. The molecule has 0 amide bonds. The molecule has 0 aliphatic heterocycles. The molecule has 1 aromatic carbocycles. The van der Waals surface area contributed by atoms with Crippen molar-refractivity contribution in [3.63, 3.8) is 0 Å². The molecule has 1 rings (SSSR count). The molecule has 0 aromatic heterocycles. The summed E-state index contributed by atoms with van der Waals surface area (Å²) >= 11 is 2.69. The van der Waals surface area contributed by atoms with Crippen molar-refractivity contribution in [3.8, 4) is 0 Å². The highest BCUT2D eigenvalue weighted by atomic mass is 79.9. The van der Waals surface area contributed by atoms with Gasteiger partial charge in [0.15, 0.2) is 0 Å². The SMILES string of the molecule is [B]c1c(/C(O)=C(\C=NC(C)CO)C(=O)OCC)cc(F)c(Br)c1F. The Labute approximate surface area is 147 Å². The number of halogens is 3. The van der Waals surface area contributed by atoms with Crippen molar-refractivity contribution in [2.45, 2.75) is 19.9 Å². The van der Waals surface area contributed by atoms with Gasteiger partial charge in [-0.25, -0.2) is 13.6 Å². The second kappa shape index (κ2) is 8.93. The summed E-state index contributed by atoms with van der Waals surface area (Å²) in [5.41, 5.74) is -1.41. The van der Waals surface area contributed by atoms with Crippen LogP contribution in [0, 0.1) is 11.6 Å². The van der Waals surface area contributed by atoms with Gasteiger partial charge in [0.05, 0.1) is 23.7 Å². The van der Waals surface area contributed by atoms with Gasteiger partial charge in [0.2, 0.25) is 0 Å². The van der Waals surface area contributed by atoms with E-state index in [-0.39, 0.29) is 13.2 Å². The number of aliphatic imine (C=N–C) groups is 1. The minimum absolute atomic E-state index is 0.0115. The third-order valence-electron chi connectivity index (χ3n) is 2.93. The molecular formula is C15H15BBrF2NO4. The van der Waals surface area contributed by atoms with E-state index in [1.54, 1.807) is 13.8 Å². The van der Waals surface area contributed by atoms with Gasteiger partial charge in [-0.1, -0.05) is 0 Å². The Morgan fingerprint density at radius 1 is 1.54 bits per heavy atom. The van der Waals surface area contributed by atoms with E-state index in [0.717, 1.165) is 12.3 Å². The molecule has 0 bridgehead atoms. The molecule has 5 nitrogen and oxygen atoms in total. The lowest BCUT2D eigenvalue weighted by Gasteiger charge is -2.12. The fourth-order valence-electron chi connectivity index (χ4n) is 1.62. The summed E-state index contributed by atoms with van der Waals surface area (Å²) in [6.45, 7) is 2.83. The molecule has 9 heteroatoms. The number of hydrogen-bond donors (Lipinski definition) is 2. The third-order valence-corrected chi connectivity index (χ3v) is 3.65. The number of nitrogens with zero attached hydrogens (tertiary/aromatic N) is 1. The van der Waals surface area contributed by atoms with Crippen molar-refractivity contribution >= 4 is 47.2 Å². The maximum Gasteiger partial charge on any atom is 0.343 e. The van der Waals surface area contributed by atoms with E-state index < -0.39 is 50.5 Å². The van der Waals surface area contributed by atoms with E-state index >= 15 is 0 Å². The number of carbonyl (C=O) groups is 1. The smallest absolute Gasteiger partial charge is 0.343 e. The molecule has 0 spiro atoms. The molecule has 0 aliphatic rings. The number of hydrogen-bond acceptors (Lipinski definition) is 5. The lowest BCUT2D eigenvalue weighted by Crippen LogP contribution is -2.20. The first-order valence-corrected chi connectivity index (χ1v) is 7.71. The van der Waals surface area contributed by atoms with Crippen molar-refractivity contribution in [3.05, 3.63) is 33.3 Å². The summed E-state index contributed by atoms with van der Waals surface area (Å²) < 4.78 is 31.9. The van der Waals surface area contributed by atoms with Gasteiger partial charge >= 0.3 is 5.97 Å². The minimum Gasteiger partial charge on any atom is -0.506 e. The van der Waals surface area contributed by atoms with Gasteiger partial charge in [-0.3, -0.25) is 4.99 Å². The van der Waals surface area contributed by atoms with Crippen molar-refractivity contribution in [1.82, 2.24) is 0 Å². The first-order chi connectivity index (χ1) is 11.2. The summed E-state index contributed by atoms with van der Waals surface area (Å²) in [6.07, 6.45) is 0.964. The summed E-state index contributed by atoms with van der Waals surface area (Å²) in [5, 5.41) is 19.2. The molecule has 2 radical (unpaired) electrons. The van der Waals surface area contributed by atoms with E-state index in [0.29, 0.717) is 0 Å². The van der Waals surface area contributed by atoms with Crippen LogP contribution >= 0.6 is 15.9 Å². The van der Waals surface area contributed by atoms with Crippen LogP contribution in [0.5, 0.6) is 0 Å². The van der Waals surface area contributed by atoms with E-state index in [2.05, 4.69) is 20.9 Å². The lowest BCUT2D eigenvalue weighted by atomic mass is 9.88. The van der Waals surface area contributed by atoms with Gasteiger partial charge in [-0.2, -0.15) is 0 Å². The Balaban J connectivity index is 3.53. The number of esters is 1. The lowest BCUT2D eigenvalue weighted by molar-refractivity contribution is -0.137. The van der Waals surface area contributed by atoms with Crippen LogP contribution in [0.15, 0.2) is 21.1 Å². The topological polar surface area (TPSA) is 79.1 Å². The molecule has 24 heavy (non-hydrogen) atoms. The Morgan fingerprint density at radius 3 is 2.71 bits per heavy atom. The van der Waals surface area contributed by atoms with E-state index in [4.69, 9.17) is 17.7 Å². The Kier molecular flexibility index (Phi) is 7.56. The molecule has 2 N–H and O–H groups in total. The van der Waals surface area contributed by atoms with Crippen LogP contribution in [0.25, 0.3) is 5.76 Å². The molecule has 0 aliphatic carbocycles. The third kappa shape index (κ3) is 4.64. The average Bonchev–Trinajstić information content (AvgIpc) is 2.56. The zero-order valence-corrected chi connectivity index (χ0v) is 14.6. The van der Waals surface area contributed by atoms with Crippen molar-refractivity contribution < 1.29 is 28.5 Å². The zero-order valence-electron chi connectivity index (χ0n) is 13.0. The highest BCUT2D eigenvalue weighted by Gasteiger charge is 2.21. The standard InChI is InChI=1S/C15H15BBrF2NO4/c1-3-24-15(23)9(5-20-7(2)6-21)14(22)8-4-10(18)12(17)13(19)11(8)16/h4-5,7,21-22H,3,6H2,1-2H3/b14-9-,20-5?. The van der Waals surface area contributed by atoms with Crippen molar-refractivity contribution in [2.75, 3.05) is 13.2 Å². The predicted octanol–water partition coefficient (Wildman–Crippen LogP) is 1.80. The van der Waals surface area contributed by atoms with Gasteiger partial charge < -0.3 is 14.9 Å². The first-order valence-electron chi connectivity index (χ1n) is 6.92. The van der Waals surface area contributed by atoms with Crippen molar-refractivity contribution in [1.29, 1.82) is 0 Å². The van der Waals surface area contributed by atoms with Gasteiger partial charge in [-0.05, 0) is 41.3 Å². The van der Waals surface area contributed by atoms with Crippen LogP contribution in [0.3, 0.4) is 0 Å². The second-order valence-corrected chi connectivity index (χ2v) is 5.53. The molecule has 0 fully saturated rings. The molecular weight excluding hydrogens is 387 g/mol. The van der Waals surface area contributed by atoms with Crippen molar-refractivity contribution in [2.24, 2.45) is 4.99 Å². The monoisotopic (exact) mass is 401 g/mol. The normalized spacial score (nSPS) is 13.8. The van der Waals surface area contributed by atoms with Crippen LogP contribution in [-0.2, 0) is 9.53 Å². The fourth-order valence-corrected chi connectivity index (χ4v) is 1.95. The quantitative estimate of drug-likeness (QED) is 0.190. The number of aliphatic hydroxyl groups excluding tert-OH is 2. The minimum atomic E-state index is -1.11. The zero-order chi connectivity index (χ0) is 18.4. The number of carbonyl (C=O) groups excluding carboxylic acids is 1. The largest absolute Gasteiger partial charge is 0.506 e. The van der Waals surface area contributed by atoms with Gasteiger partial charge in [0.1, 0.15) is 30.8 Å². The second-order valence-electron chi connectivity index (χ2n) is 4.74. The van der Waals surface area contributed by atoms with Crippen LogP contribution in [0.1, 0.15) is 19.4 Å². The Morgan fingerprint density at radius 2 is 2.17 bits per heavy atom. The fraction of sp³-hybridized carbons (Fsp3) is 0.333.